The Morgan fingerprint density at radius 3 is 1.28 bits per heavy atom. The minimum absolute atomic E-state index is 0.295. The third-order valence-electron chi connectivity index (χ3n) is 11.6. The Kier molecular flexibility index (Phi) is 13.8. The van der Waals surface area contributed by atoms with Crippen LogP contribution in [-0.2, 0) is 39.1 Å². The Morgan fingerprint density at radius 1 is 0.508 bits per heavy atom. The predicted molar refractivity (Wildman–Crippen MR) is 254 cm³/mol. The first-order valence-electron chi connectivity index (χ1n) is 22.3. The number of pyridine rings is 2. The van der Waals surface area contributed by atoms with E-state index in [9.17, 15) is 0 Å². The number of tetrazole rings is 2. The Labute approximate surface area is 380 Å². The average molecular weight is 868 g/mol. The van der Waals surface area contributed by atoms with Crippen LogP contribution in [0, 0.1) is 39.5 Å². The maximum Gasteiger partial charge on any atom is 0.208 e. The maximum atomic E-state index is 6.68. The maximum absolute atomic E-state index is 6.68. The van der Waals surface area contributed by atoms with Gasteiger partial charge in [-0.15, -0.1) is 20.4 Å². The first-order chi connectivity index (χ1) is 31.5. The standard InChI is InChI=1S/C52H57N11O2/c1-31(2)25-45-41(49(37-21-17-33(5)18-22-37)43(35(7)54-45)29-64-47-15-11-9-13-39(47)51-56-60-61-57-51)27-53-28-42-46(26-32(3)4)55-36(8)44(50(42)38-23-19-34(6)20-24-38)30-65-48-16-12-10-14-40(48)52-58-62-63-59-52/h9-24,31-32,53H,25-30H2,1-8H3,(H,56,57,60,61)(H,58,59,62,63). The molecular weight excluding hydrogens is 811 g/mol. The highest BCUT2D eigenvalue weighted by molar-refractivity contribution is 5.75. The van der Waals surface area contributed by atoms with Crippen molar-refractivity contribution in [3.05, 3.63) is 153 Å². The zero-order valence-corrected chi connectivity index (χ0v) is 38.5. The second kappa shape index (κ2) is 20.2. The van der Waals surface area contributed by atoms with Crippen molar-refractivity contribution in [3.63, 3.8) is 0 Å². The van der Waals surface area contributed by atoms with Crippen molar-refractivity contribution in [2.45, 2.75) is 94.5 Å². The van der Waals surface area contributed by atoms with Crippen LogP contribution in [0.15, 0.2) is 97.1 Å². The van der Waals surface area contributed by atoms with Crippen molar-refractivity contribution in [2.75, 3.05) is 0 Å². The van der Waals surface area contributed by atoms with Gasteiger partial charge in [0.15, 0.2) is 0 Å². The fourth-order valence-electron chi connectivity index (χ4n) is 8.39. The van der Waals surface area contributed by atoms with E-state index < -0.39 is 0 Å². The van der Waals surface area contributed by atoms with Crippen molar-refractivity contribution >= 4 is 0 Å². The van der Waals surface area contributed by atoms with Gasteiger partial charge < -0.3 is 14.8 Å². The van der Waals surface area contributed by atoms with Gasteiger partial charge >= 0.3 is 0 Å². The molecule has 0 saturated carbocycles. The van der Waals surface area contributed by atoms with Crippen LogP contribution in [-0.4, -0.2) is 51.2 Å². The first kappa shape index (κ1) is 44.5. The molecule has 0 aliphatic carbocycles. The topological polar surface area (TPSA) is 165 Å². The summed E-state index contributed by atoms with van der Waals surface area (Å²) in [5.74, 6) is 3.05. The van der Waals surface area contributed by atoms with E-state index in [0.717, 1.165) is 91.3 Å². The Bertz CT molecular complexity index is 2640. The highest BCUT2D eigenvalue weighted by Crippen LogP contribution is 2.38. The number of aryl methyl sites for hydroxylation is 4. The summed E-state index contributed by atoms with van der Waals surface area (Å²) in [7, 11) is 0. The van der Waals surface area contributed by atoms with Crippen LogP contribution in [0.5, 0.6) is 11.5 Å². The van der Waals surface area contributed by atoms with Crippen LogP contribution in [0.3, 0.4) is 0 Å². The predicted octanol–water partition coefficient (Wildman–Crippen LogP) is 10.2. The fraction of sp³-hybridized carbons (Fsp3) is 0.308. The summed E-state index contributed by atoms with van der Waals surface area (Å²) < 4.78 is 13.4. The molecule has 4 aromatic carbocycles. The molecule has 4 aromatic heterocycles. The molecule has 13 heteroatoms. The zero-order valence-electron chi connectivity index (χ0n) is 38.5. The van der Waals surface area contributed by atoms with Gasteiger partial charge in [-0.2, -0.15) is 10.4 Å². The number of nitrogens with one attached hydrogen (secondary N) is 3. The number of benzene rings is 4. The Balaban J connectivity index is 1.21. The summed E-state index contributed by atoms with van der Waals surface area (Å²) in [5.41, 5.74) is 16.8. The van der Waals surface area contributed by atoms with E-state index in [1.807, 2.05) is 48.5 Å². The number of para-hydroxylation sites is 2. The summed E-state index contributed by atoms with van der Waals surface area (Å²) in [6.07, 6.45) is 1.65. The third-order valence-corrected chi connectivity index (χ3v) is 11.6. The molecule has 332 valence electrons. The van der Waals surface area contributed by atoms with Crippen LogP contribution in [0.4, 0.5) is 0 Å². The van der Waals surface area contributed by atoms with Gasteiger partial charge in [-0.1, -0.05) is 112 Å². The highest BCUT2D eigenvalue weighted by atomic mass is 16.5. The SMILES string of the molecule is Cc1ccc(-c2c(COc3ccccc3-c3nn[nH]n3)c(C)nc(CC(C)C)c2CNCc2c(CC(C)C)nc(C)c(COc3ccccc3-c3nn[nH]n3)c2-c2ccc(C)cc2)cc1. The van der Waals surface area contributed by atoms with Gasteiger partial charge in [0.1, 0.15) is 24.7 Å². The Morgan fingerprint density at radius 2 is 0.908 bits per heavy atom. The zero-order chi connectivity index (χ0) is 45.5. The van der Waals surface area contributed by atoms with E-state index in [-0.39, 0.29) is 0 Å². The lowest BCUT2D eigenvalue weighted by atomic mass is 9.89. The third kappa shape index (κ3) is 10.3. The van der Waals surface area contributed by atoms with Crippen LogP contribution in [0.2, 0.25) is 0 Å². The number of ether oxygens (including phenoxy) is 2. The van der Waals surface area contributed by atoms with Gasteiger partial charge in [0.2, 0.25) is 11.6 Å². The monoisotopic (exact) mass is 867 g/mol. The molecule has 0 radical (unpaired) electrons. The van der Waals surface area contributed by atoms with Crippen LogP contribution < -0.4 is 14.8 Å². The largest absolute Gasteiger partial charge is 0.488 e. The molecule has 0 atom stereocenters. The lowest BCUT2D eigenvalue weighted by molar-refractivity contribution is 0.306. The lowest BCUT2D eigenvalue weighted by Crippen LogP contribution is -2.21. The van der Waals surface area contributed by atoms with Gasteiger partial charge in [0, 0.05) is 47.0 Å². The van der Waals surface area contributed by atoms with Crippen molar-refractivity contribution in [1.29, 1.82) is 0 Å². The summed E-state index contributed by atoms with van der Waals surface area (Å²) in [6.45, 7) is 19.2. The Hall–Kier alpha value is -7.12. The van der Waals surface area contributed by atoms with Crippen LogP contribution in [0.25, 0.3) is 45.0 Å². The average Bonchev–Trinajstić information content (AvgIpc) is 4.04. The molecule has 0 aliphatic heterocycles. The molecule has 0 amide bonds. The number of aromatic amines is 2. The molecule has 65 heavy (non-hydrogen) atoms. The smallest absolute Gasteiger partial charge is 0.208 e. The molecular formula is C52H57N11O2. The van der Waals surface area contributed by atoms with Gasteiger partial charge in [-0.3, -0.25) is 9.97 Å². The van der Waals surface area contributed by atoms with Crippen molar-refractivity contribution in [2.24, 2.45) is 11.8 Å². The molecule has 0 unspecified atom stereocenters. The summed E-state index contributed by atoms with van der Waals surface area (Å²) in [6, 6.07) is 33.1. The van der Waals surface area contributed by atoms with Crippen LogP contribution in [0.1, 0.15) is 83.9 Å². The van der Waals surface area contributed by atoms with E-state index in [1.54, 1.807) is 0 Å². The molecule has 0 bridgehead atoms. The van der Waals surface area contributed by atoms with Gasteiger partial charge in [-0.05, 0) is 120 Å². The molecule has 8 aromatic rings. The summed E-state index contributed by atoms with van der Waals surface area (Å²) in [4.78, 5) is 10.7. The lowest BCUT2D eigenvalue weighted by Gasteiger charge is -2.25. The van der Waals surface area contributed by atoms with Crippen molar-refractivity contribution in [3.8, 4) is 56.5 Å². The highest BCUT2D eigenvalue weighted by Gasteiger charge is 2.24. The van der Waals surface area contributed by atoms with Crippen molar-refractivity contribution in [1.82, 2.24) is 56.5 Å². The van der Waals surface area contributed by atoms with Gasteiger partial charge in [-0.25, -0.2) is 0 Å². The molecule has 0 saturated heterocycles. The number of H-pyrrole nitrogens is 2. The normalized spacial score (nSPS) is 11.5. The fourth-order valence-corrected chi connectivity index (χ4v) is 8.39. The van der Waals surface area contributed by atoms with E-state index in [4.69, 9.17) is 19.4 Å². The minimum atomic E-state index is 0.295. The second-order valence-electron chi connectivity index (χ2n) is 17.5. The minimum Gasteiger partial charge on any atom is -0.488 e. The molecule has 3 N–H and O–H groups in total. The number of nitrogens with zero attached hydrogens (tertiary/aromatic N) is 8. The van der Waals surface area contributed by atoms with E-state index >= 15 is 0 Å². The van der Waals surface area contributed by atoms with Gasteiger partial charge in [0.05, 0.1) is 11.1 Å². The number of hydrogen-bond acceptors (Lipinski definition) is 11. The molecule has 0 spiro atoms. The number of aromatic nitrogens is 10. The molecule has 8 rings (SSSR count). The second-order valence-corrected chi connectivity index (χ2v) is 17.5. The number of rotatable bonds is 18. The van der Waals surface area contributed by atoms with Crippen LogP contribution >= 0.6 is 0 Å². The number of hydrogen-bond donors (Lipinski definition) is 3. The summed E-state index contributed by atoms with van der Waals surface area (Å²) in [5, 5.41) is 33.6. The first-order valence-corrected chi connectivity index (χ1v) is 22.3. The van der Waals surface area contributed by atoms with E-state index in [0.29, 0.717) is 61.3 Å². The molecule has 13 nitrogen and oxygen atoms in total. The van der Waals surface area contributed by atoms with Gasteiger partial charge in [0.25, 0.3) is 0 Å². The van der Waals surface area contributed by atoms with Crippen molar-refractivity contribution < 1.29 is 9.47 Å². The summed E-state index contributed by atoms with van der Waals surface area (Å²) >= 11 is 0. The quantitative estimate of drug-likeness (QED) is 0.0752. The van der Waals surface area contributed by atoms with E-state index in [2.05, 4.69) is 150 Å². The molecule has 4 heterocycles. The van der Waals surface area contributed by atoms with E-state index in [1.165, 1.54) is 11.1 Å². The molecule has 0 fully saturated rings. The molecule has 0 aliphatic rings.